The Bertz CT molecular complexity index is 376. The van der Waals surface area contributed by atoms with Gasteiger partial charge < -0.3 is 14.5 Å². The van der Waals surface area contributed by atoms with Gasteiger partial charge in [-0.05, 0) is 50.4 Å². The molecule has 0 radical (unpaired) electrons. The van der Waals surface area contributed by atoms with Crippen molar-refractivity contribution in [2.75, 3.05) is 33.4 Å². The van der Waals surface area contributed by atoms with Crippen LogP contribution in [0.5, 0.6) is 0 Å². The molecule has 4 heteroatoms. The molecule has 1 N–H and O–H groups in total. The Kier molecular flexibility index (Phi) is 6.57. The van der Waals surface area contributed by atoms with E-state index in [9.17, 15) is 0 Å². The Morgan fingerprint density at radius 1 is 1.40 bits per heavy atom. The summed E-state index contributed by atoms with van der Waals surface area (Å²) in [6.45, 7) is 8.14. The molecule has 1 aromatic heterocycles. The van der Waals surface area contributed by atoms with Gasteiger partial charge in [-0.1, -0.05) is 6.92 Å². The zero-order chi connectivity index (χ0) is 14.2. The highest BCUT2D eigenvalue weighted by Gasteiger charge is 2.20. The molecule has 0 saturated carbocycles. The minimum Gasteiger partial charge on any atom is -0.463 e. The highest BCUT2D eigenvalue weighted by atomic mass is 16.5. The van der Waals surface area contributed by atoms with Gasteiger partial charge in [0.15, 0.2) is 0 Å². The zero-order valence-electron chi connectivity index (χ0n) is 12.9. The maximum atomic E-state index is 5.89. The summed E-state index contributed by atoms with van der Waals surface area (Å²) in [5, 5.41) is 3.37. The summed E-state index contributed by atoms with van der Waals surface area (Å²) in [6, 6.07) is 4.21. The van der Waals surface area contributed by atoms with Crippen LogP contribution in [0.1, 0.15) is 37.7 Å². The van der Waals surface area contributed by atoms with Gasteiger partial charge in [-0.25, -0.2) is 0 Å². The molecule has 2 heterocycles. The van der Waals surface area contributed by atoms with Crippen molar-refractivity contribution in [2.24, 2.45) is 5.92 Å². The molecule has 1 aliphatic heterocycles. The lowest BCUT2D eigenvalue weighted by molar-refractivity contribution is 0.0838. The van der Waals surface area contributed by atoms with Crippen molar-refractivity contribution < 1.29 is 9.15 Å². The van der Waals surface area contributed by atoms with Crippen LogP contribution in [0.2, 0.25) is 0 Å². The smallest absolute Gasteiger partial charge is 0.118 e. The van der Waals surface area contributed by atoms with E-state index in [4.69, 9.17) is 9.15 Å². The maximum Gasteiger partial charge on any atom is 0.118 e. The predicted octanol–water partition coefficient (Wildman–Crippen LogP) is 2.64. The van der Waals surface area contributed by atoms with E-state index < -0.39 is 0 Å². The molecule has 1 aromatic rings. The molecular weight excluding hydrogens is 252 g/mol. The van der Waals surface area contributed by atoms with Crippen molar-refractivity contribution in [1.82, 2.24) is 10.2 Å². The first-order valence-corrected chi connectivity index (χ1v) is 7.81. The van der Waals surface area contributed by atoms with Crippen molar-refractivity contribution in [3.05, 3.63) is 23.7 Å². The number of nitrogens with one attached hydrogen (secondary N) is 1. The molecular formula is C16H28N2O2. The quantitative estimate of drug-likeness (QED) is 0.743. The van der Waals surface area contributed by atoms with E-state index in [0.29, 0.717) is 5.92 Å². The van der Waals surface area contributed by atoms with Crippen LogP contribution in [0, 0.1) is 5.92 Å². The van der Waals surface area contributed by atoms with Crippen LogP contribution < -0.4 is 5.32 Å². The lowest BCUT2D eigenvalue weighted by atomic mass is 9.99. The highest BCUT2D eigenvalue weighted by Crippen LogP contribution is 2.19. The van der Waals surface area contributed by atoms with Crippen molar-refractivity contribution in [3.8, 4) is 0 Å². The fourth-order valence-electron chi connectivity index (χ4n) is 2.88. The van der Waals surface area contributed by atoms with E-state index in [2.05, 4.69) is 29.3 Å². The van der Waals surface area contributed by atoms with Gasteiger partial charge in [0.1, 0.15) is 11.5 Å². The molecule has 1 atom stereocenters. The summed E-state index contributed by atoms with van der Waals surface area (Å²) in [4.78, 5) is 2.48. The average molecular weight is 280 g/mol. The third-order valence-corrected chi connectivity index (χ3v) is 3.83. The van der Waals surface area contributed by atoms with E-state index in [-0.39, 0.29) is 0 Å². The molecule has 1 saturated heterocycles. The lowest BCUT2D eigenvalue weighted by Gasteiger charge is -2.31. The Morgan fingerprint density at radius 3 is 3.05 bits per heavy atom. The number of ether oxygens (including phenoxy) is 1. The second-order valence-corrected chi connectivity index (χ2v) is 5.74. The molecule has 1 unspecified atom stereocenters. The number of hydrogen-bond donors (Lipinski definition) is 1. The van der Waals surface area contributed by atoms with Crippen LogP contribution in [0.15, 0.2) is 16.5 Å². The molecule has 1 fully saturated rings. The summed E-state index contributed by atoms with van der Waals surface area (Å²) in [5.41, 5.74) is 0. The molecule has 0 spiro atoms. The van der Waals surface area contributed by atoms with Crippen molar-refractivity contribution in [2.45, 2.75) is 39.3 Å². The summed E-state index contributed by atoms with van der Waals surface area (Å²) in [7, 11) is 1.79. The van der Waals surface area contributed by atoms with Crippen LogP contribution in [0.25, 0.3) is 0 Å². The van der Waals surface area contributed by atoms with E-state index >= 15 is 0 Å². The highest BCUT2D eigenvalue weighted by molar-refractivity contribution is 5.07. The number of nitrogens with zero attached hydrogens (tertiary/aromatic N) is 1. The van der Waals surface area contributed by atoms with Gasteiger partial charge in [0, 0.05) is 13.7 Å². The molecule has 4 nitrogen and oxygen atoms in total. The van der Waals surface area contributed by atoms with Crippen LogP contribution in [-0.4, -0.2) is 38.3 Å². The summed E-state index contributed by atoms with van der Waals surface area (Å²) in [6.07, 6.45) is 3.70. The predicted molar refractivity (Wildman–Crippen MR) is 80.6 cm³/mol. The number of furan rings is 1. The van der Waals surface area contributed by atoms with E-state index in [1.807, 2.05) is 0 Å². The van der Waals surface area contributed by atoms with Gasteiger partial charge >= 0.3 is 0 Å². The van der Waals surface area contributed by atoms with Gasteiger partial charge in [0.25, 0.3) is 0 Å². The van der Waals surface area contributed by atoms with E-state index in [0.717, 1.165) is 50.7 Å². The lowest BCUT2D eigenvalue weighted by Crippen LogP contribution is -2.36. The first kappa shape index (κ1) is 15.5. The third kappa shape index (κ3) is 4.93. The first-order chi connectivity index (χ1) is 9.81. The van der Waals surface area contributed by atoms with Crippen molar-refractivity contribution in [1.29, 1.82) is 0 Å². The number of rotatable bonds is 8. The minimum atomic E-state index is 0.675. The van der Waals surface area contributed by atoms with Gasteiger partial charge in [-0.15, -0.1) is 0 Å². The zero-order valence-corrected chi connectivity index (χ0v) is 12.9. The molecule has 0 bridgehead atoms. The number of likely N-dealkylation sites (tertiary alicyclic amines) is 1. The van der Waals surface area contributed by atoms with Crippen LogP contribution in [-0.2, 0) is 17.8 Å². The van der Waals surface area contributed by atoms with Crippen LogP contribution in [0.3, 0.4) is 0 Å². The molecule has 114 valence electrons. The molecule has 0 aliphatic carbocycles. The molecule has 1 aliphatic rings. The summed E-state index contributed by atoms with van der Waals surface area (Å²) >= 11 is 0. The van der Waals surface area contributed by atoms with E-state index in [1.165, 1.54) is 19.4 Å². The monoisotopic (exact) mass is 280 g/mol. The molecule has 2 rings (SSSR count). The standard InChI is InChI=1S/C16H28N2O2/c1-3-8-17-10-15-6-7-16(20-15)12-18-9-4-5-14(11-18)13-19-2/h6-7,14,17H,3-5,8-13H2,1-2H3. The van der Waals surface area contributed by atoms with E-state index in [1.54, 1.807) is 7.11 Å². The minimum absolute atomic E-state index is 0.675. The topological polar surface area (TPSA) is 37.6 Å². The first-order valence-electron chi connectivity index (χ1n) is 7.81. The summed E-state index contributed by atoms with van der Waals surface area (Å²) in [5.74, 6) is 2.80. The number of hydrogen-bond acceptors (Lipinski definition) is 4. The summed E-state index contributed by atoms with van der Waals surface area (Å²) < 4.78 is 11.2. The largest absolute Gasteiger partial charge is 0.463 e. The number of piperidine rings is 1. The third-order valence-electron chi connectivity index (χ3n) is 3.83. The molecule has 20 heavy (non-hydrogen) atoms. The molecule has 0 aromatic carbocycles. The second-order valence-electron chi connectivity index (χ2n) is 5.74. The van der Waals surface area contributed by atoms with Gasteiger partial charge in [-0.2, -0.15) is 0 Å². The molecule has 0 amide bonds. The Hall–Kier alpha value is -0.840. The van der Waals surface area contributed by atoms with Gasteiger partial charge in [-0.3, -0.25) is 4.90 Å². The van der Waals surface area contributed by atoms with Crippen LogP contribution >= 0.6 is 0 Å². The number of methoxy groups -OCH3 is 1. The Labute approximate surface area is 122 Å². The van der Waals surface area contributed by atoms with Crippen LogP contribution in [0.4, 0.5) is 0 Å². The van der Waals surface area contributed by atoms with Crippen molar-refractivity contribution in [3.63, 3.8) is 0 Å². The maximum absolute atomic E-state index is 5.89. The fraction of sp³-hybridized carbons (Fsp3) is 0.750. The average Bonchev–Trinajstić information content (AvgIpc) is 2.87. The van der Waals surface area contributed by atoms with Gasteiger partial charge in [0.2, 0.25) is 0 Å². The normalized spacial score (nSPS) is 20.4. The second kappa shape index (κ2) is 8.45. The SMILES string of the molecule is CCCNCc1ccc(CN2CCCC(COC)C2)o1. The van der Waals surface area contributed by atoms with Gasteiger partial charge in [0.05, 0.1) is 19.7 Å². The van der Waals surface area contributed by atoms with Crippen molar-refractivity contribution >= 4 is 0 Å². The Morgan fingerprint density at radius 2 is 2.25 bits per heavy atom. The Balaban J connectivity index is 1.77. The fourth-order valence-corrected chi connectivity index (χ4v) is 2.88.